The molecule has 1 N–H and O–H groups in total. The summed E-state index contributed by atoms with van der Waals surface area (Å²) in [7, 11) is 1.65. The molecule has 2 aromatic heterocycles. The number of hydrogen-bond donors (Lipinski definition) is 1. The quantitative estimate of drug-likeness (QED) is 0.530. The van der Waals surface area contributed by atoms with Crippen LogP contribution in [0.25, 0.3) is 28.3 Å². The second-order valence-electron chi connectivity index (χ2n) is 6.28. The van der Waals surface area contributed by atoms with Gasteiger partial charge in [-0.05, 0) is 56.3 Å². The number of aromatic nitrogens is 4. The highest BCUT2D eigenvalue weighted by atomic mass is 35.5. The Morgan fingerprint density at radius 2 is 1.78 bits per heavy atom. The molecule has 0 aliphatic carbocycles. The molecule has 136 valence electrons. The molecule has 0 aliphatic heterocycles. The van der Waals surface area contributed by atoms with Crippen LogP contribution in [0.2, 0.25) is 5.02 Å². The van der Waals surface area contributed by atoms with Gasteiger partial charge in [0.25, 0.3) is 0 Å². The van der Waals surface area contributed by atoms with E-state index in [-0.39, 0.29) is 0 Å². The van der Waals surface area contributed by atoms with Gasteiger partial charge in [-0.25, -0.2) is 4.98 Å². The van der Waals surface area contributed by atoms with Gasteiger partial charge in [-0.1, -0.05) is 23.7 Å². The Kier molecular flexibility index (Phi) is 4.46. The number of imidazole rings is 1. The molecule has 0 fully saturated rings. The Morgan fingerprint density at radius 1 is 1.04 bits per heavy atom. The van der Waals surface area contributed by atoms with Gasteiger partial charge in [0.2, 0.25) is 0 Å². The number of H-pyrrole nitrogens is 1. The molecule has 4 aromatic rings. The monoisotopic (exact) mass is 378 g/mol. The van der Waals surface area contributed by atoms with E-state index in [9.17, 15) is 0 Å². The van der Waals surface area contributed by atoms with Crippen LogP contribution in [0.15, 0.2) is 54.6 Å². The summed E-state index contributed by atoms with van der Waals surface area (Å²) in [6.07, 6.45) is 0. The van der Waals surface area contributed by atoms with Crippen molar-refractivity contribution in [3.05, 3.63) is 71.1 Å². The third kappa shape index (κ3) is 3.11. The average Bonchev–Trinajstić information content (AvgIpc) is 3.27. The van der Waals surface area contributed by atoms with E-state index in [1.807, 2.05) is 68.4 Å². The van der Waals surface area contributed by atoms with Crippen LogP contribution in [0.1, 0.15) is 11.5 Å². The summed E-state index contributed by atoms with van der Waals surface area (Å²) in [5.41, 5.74) is 5.52. The molecular weight excluding hydrogens is 360 g/mol. The molecule has 0 saturated carbocycles. The molecule has 0 amide bonds. The van der Waals surface area contributed by atoms with E-state index >= 15 is 0 Å². The van der Waals surface area contributed by atoms with Crippen molar-refractivity contribution in [2.75, 3.05) is 7.11 Å². The molecule has 0 spiro atoms. The highest BCUT2D eigenvalue weighted by molar-refractivity contribution is 6.32. The maximum absolute atomic E-state index is 6.39. The van der Waals surface area contributed by atoms with Crippen LogP contribution in [-0.4, -0.2) is 26.9 Å². The third-order valence-corrected chi connectivity index (χ3v) is 4.91. The van der Waals surface area contributed by atoms with Crippen LogP contribution in [-0.2, 0) is 0 Å². The molecule has 2 aromatic carbocycles. The standard InChI is InChI=1S/C21H19ClN4O/c1-13-21(23-14(2)26(13)20-7-5-4-6-17(20)22)19-12-18(24-25-19)15-8-10-16(27-3)11-9-15/h4-12H,1-3H3,(H,24,25). The first-order valence-corrected chi connectivity index (χ1v) is 8.97. The van der Waals surface area contributed by atoms with Crippen LogP contribution < -0.4 is 4.74 Å². The summed E-state index contributed by atoms with van der Waals surface area (Å²) in [6, 6.07) is 17.6. The highest BCUT2D eigenvalue weighted by Gasteiger charge is 2.17. The normalized spacial score (nSPS) is 11.0. The van der Waals surface area contributed by atoms with Crippen molar-refractivity contribution in [1.82, 2.24) is 19.7 Å². The summed E-state index contributed by atoms with van der Waals surface area (Å²) in [6.45, 7) is 4.01. The molecule has 0 unspecified atom stereocenters. The van der Waals surface area contributed by atoms with Gasteiger partial charge in [0, 0.05) is 11.3 Å². The predicted octanol–water partition coefficient (Wildman–Crippen LogP) is 5.21. The highest BCUT2D eigenvalue weighted by Crippen LogP contribution is 2.30. The number of halogens is 1. The first-order chi connectivity index (χ1) is 13.1. The van der Waals surface area contributed by atoms with Gasteiger partial charge in [0.1, 0.15) is 17.3 Å². The summed E-state index contributed by atoms with van der Waals surface area (Å²) >= 11 is 6.39. The summed E-state index contributed by atoms with van der Waals surface area (Å²) in [5, 5.41) is 8.24. The number of nitrogens with one attached hydrogen (secondary N) is 1. The summed E-state index contributed by atoms with van der Waals surface area (Å²) < 4.78 is 7.27. The van der Waals surface area contributed by atoms with Crippen molar-refractivity contribution in [2.45, 2.75) is 13.8 Å². The Morgan fingerprint density at radius 3 is 2.48 bits per heavy atom. The number of aryl methyl sites for hydroxylation is 1. The van der Waals surface area contributed by atoms with E-state index in [0.717, 1.165) is 45.6 Å². The zero-order valence-corrected chi connectivity index (χ0v) is 16.1. The molecule has 0 aliphatic rings. The van der Waals surface area contributed by atoms with Crippen LogP contribution >= 0.6 is 11.6 Å². The van der Waals surface area contributed by atoms with E-state index in [2.05, 4.69) is 14.8 Å². The number of methoxy groups -OCH3 is 1. The lowest BCUT2D eigenvalue weighted by Crippen LogP contribution is -2.00. The Bertz CT molecular complexity index is 1100. The molecule has 0 atom stereocenters. The fourth-order valence-electron chi connectivity index (χ4n) is 3.24. The van der Waals surface area contributed by atoms with Crippen LogP contribution in [0.3, 0.4) is 0 Å². The molecule has 5 nitrogen and oxygen atoms in total. The maximum Gasteiger partial charge on any atom is 0.118 e. The molecule has 27 heavy (non-hydrogen) atoms. The average molecular weight is 379 g/mol. The van der Waals surface area contributed by atoms with Crippen molar-refractivity contribution < 1.29 is 4.74 Å². The number of para-hydroxylation sites is 1. The number of benzene rings is 2. The molecule has 0 radical (unpaired) electrons. The predicted molar refractivity (Wildman–Crippen MR) is 108 cm³/mol. The first-order valence-electron chi connectivity index (χ1n) is 8.59. The Balaban J connectivity index is 1.74. The van der Waals surface area contributed by atoms with Crippen molar-refractivity contribution >= 4 is 11.6 Å². The van der Waals surface area contributed by atoms with E-state index in [1.54, 1.807) is 7.11 Å². The Hall–Kier alpha value is -3.05. The molecule has 2 heterocycles. The number of aromatic amines is 1. The summed E-state index contributed by atoms with van der Waals surface area (Å²) in [4.78, 5) is 4.75. The van der Waals surface area contributed by atoms with Crippen LogP contribution in [0.4, 0.5) is 0 Å². The number of nitrogens with zero attached hydrogens (tertiary/aromatic N) is 3. The number of hydrogen-bond acceptors (Lipinski definition) is 3. The molecule has 6 heteroatoms. The Labute approximate surface area is 162 Å². The minimum absolute atomic E-state index is 0.691. The second kappa shape index (κ2) is 6.93. The van der Waals surface area contributed by atoms with Crippen molar-refractivity contribution in [1.29, 1.82) is 0 Å². The maximum atomic E-state index is 6.39. The summed E-state index contributed by atoms with van der Waals surface area (Å²) in [5.74, 6) is 1.69. The van der Waals surface area contributed by atoms with Crippen LogP contribution in [0.5, 0.6) is 5.75 Å². The molecule has 0 saturated heterocycles. The van der Waals surface area contributed by atoms with E-state index < -0.39 is 0 Å². The van der Waals surface area contributed by atoms with Gasteiger partial charge in [-0.2, -0.15) is 5.10 Å². The molecule has 4 rings (SSSR count). The lowest BCUT2D eigenvalue weighted by molar-refractivity contribution is 0.415. The lowest BCUT2D eigenvalue weighted by atomic mass is 10.1. The van der Waals surface area contributed by atoms with Gasteiger partial charge >= 0.3 is 0 Å². The molecule has 0 bridgehead atoms. The van der Waals surface area contributed by atoms with Gasteiger partial charge < -0.3 is 4.74 Å². The van der Waals surface area contributed by atoms with Gasteiger partial charge in [0.15, 0.2) is 0 Å². The van der Waals surface area contributed by atoms with E-state index in [4.69, 9.17) is 21.3 Å². The van der Waals surface area contributed by atoms with Crippen molar-refractivity contribution in [3.63, 3.8) is 0 Å². The van der Waals surface area contributed by atoms with Crippen molar-refractivity contribution in [2.24, 2.45) is 0 Å². The zero-order valence-electron chi connectivity index (χ0n) is 15.3. The minimum atomic E-state index is 0.691. The first kappa shape index (κ1) is 17.4. The van der Waals surface area contributed by atoms with Crippen molar-refractivity contribution in [3.8, 4) is 34.1 Å². The van der Waals surface area contributed by atoms with Gasteiger partial charge in [0.05, 0.1) is 29.2 Å². The van der Waals surface area contributed by atoms with E-state index in [0.29, 0.717) is 5.02 Å². The smallest absolute Gasteiger partial charge is 0.118 e. The fourth-order valence-corrected chi connectivity index (χ4v) is 3.46. The van der Waals surface area contributed by atoms with Gasteiger partial charge in [-0.15, -0.1) is 0 Å². The SMILES string of the molecule is COc1ccc(-c2cc(-c3nc(C)n(-c4ccccc4Cl)c3C)[nH]n2)cc1. The van der Waals surface area contributed by atoms with Gasteiger partial charge in [-0.3, -0.25) is 9.67 Å². The third-order valence-electron chi connectivity index (χ3n) is 4.59. The fraction of sp³-hybridized carbons (Fsp3) is 0.143. The van der Waals surface area contributed by atoms with Crippen LogP contribution in [0, 0.1) is 13.8 Å². The second-order valence-corrected chi connectivity index (χ2v) is 6.68. The topological polar surface area (TPSA) is 55.7 Å². The number of rotatable bonds is 4. The van der Waals surface area contributed by atoms with E-state index in [1.165, 1.54) is 0 Å². The largest absolute Gasteiger partial charge is 0.497 e. The minimum Gasteiger partial charge on any atom is -0.497 e. The number of ether oxygens (including phenoxy) is 1. The zero-order chi connectivity index (χ0) is 19.0. The lowest BCUT2D eigenvalue weighted by Gasteiger charge is -2.09. The molecular formula is C21H19ClN4O.